The molecule has 0 heterocycles. The molecular weight excluding hydrogens is 475 g/mol. The molecule has 2 aromatic carbocycles. The number of halogens is 1. The van der Waals surface area contributed by atoms with Gasteiger partial charge in [-0.15, -0.1) is 24.0 Å². The maximum absolute atomic E-state index is 5.06. The fourth-order valence-electron chi connectivity index (χ4n) is 2.83. The summed E-state index contributed by atoms with van der Waals surface area (Å²) in [6.45, 7) is 10.4. The van der Waals surface area contributed by atoms with Crippen molar-refractivity contribution in [1.82, 2.24) is 10.6 Å². The third-order valence-corrected chi connectivity index (χ3v) is 4.61. The Morgan fingerprint density at radius 3 is 2.31 bits per heavy atom. The van der Waals surface area contributed by atoms with Gasteiger partial charge in [-0.25, -0.2) is 4.99 Å². The SMILES string of the molecule is CCNC(=NCc1ccc(NCCOC)cc1)NCC(C)(C)c1ccccc1.I. The largest absolute Gasteiger partial charge is 0.383 e. The molecule has 0 unspecified atom stereocenters. The first-order valence-electron chi connectivity index (χ1n) is 9.94. The summed E-state index contributed by atoms with van der Waals surface area (Å²) in [5.74, 6) is 0.841. The molecule has 160 valence electrons. The van der Waals surface area contributed by atoms with Crippen molar-refractivity contribution in [1.29, 1.82) is 0 Å². The van der Waals surface area contributed by atoms with Crippen LogP contribution in [-0.2, 0) is 16.7 Å². The Morgan fingerprint density at radius 1 is 1.00 bits per heavy atom. The van der Waals surface area contributed by atoms with Crippen LogP contribution in [0.4, 0.5) is 5.69 Å². The first-order valence-corrected chi connectivity index (χ1v) is 9.94. The van der Waals surface area contributed by atoms with E-state index >= 15 is 0 Å². The van der Waals surface area contributed by atoms with Gasteiger partial charge in [-0.2, -0.15) is 0 Å². The van der Waals surface area contributed by atoms with Crippen LogP contribution in [0.15, 0.2) is 59.6 Å². The third kappa shape index (κ3) is 9.04. The maximum atomic E-state index is 5.06. The number of ether oxygens (including phenoxy) is 1. The van der Waals surface area contributed by atoms with Crippen LogP contribution in [0, 0.1) is 0 Å². The fraction of sp³-hybridized carbons (Fsp3) is 0.435. The Kier molecular flexibility index (Phi) is 11.7. The third-order valence-electron chi connectivity index (χ3n) is 4.61. The molecule has 2 rings (SSSR count). The van der Waals surface area contributed by atoms with E-state index in [4.69, 9.17) is 9.73 Å². The molecule has 0 atom stereocenters. The summed E-state index contributed by atoms with van der Waals surface area (Å²) in [5, 5.41) is 10.1. The molecule has 0 amide bonds. The van der Waals surface area contributed by atoms with Gasteiger partial charge in [0.05, 0.1) is 13.2 Å². The summed E-state index contributed by atoms with van der Waals surface area (Å²) in [5.41, 5.74) is 3.61. The van der Waals surface area contributed by atoms with Crippen molar-refractivity contribution in [2.75, 3.05) is 38.7 Å². The zero-order valence-corrected chi connectivity index (χ0v) is 20.3. The number of guanidine groups is 1. The monoisotopic (exact) mass is 510 g/mol. The van der Waals surface area contributed by atoms with Crippen molar-refractivity contribution < 1.29 is 4.74 Å². The summed E-state index contributed by atoms with van der Waals surface area (Å²) < 4.78 is 5.06. The molecule has 0 bridgehead atoms. The highest BCUT2D eigenvalue weighted by molar-refractivity contribution is 14.0. The first-order chi connectivity index (χ1) is 13.5. The Hall–Kier alpha value is -1.80. The van der Waals surface area contributed by atoms with Crippen molar-refractivity contribution in [2.45, 2.75) is 32.7 Å². The van der Waals surface area contributed by atoms with Gasteiger partial charge in [-0.05, 0) is 30.2 Å². The molecule has 0 saturated carbocycles. The van der Waals surface area contributed by atoms with E-state index in [9.17, 15) is 0 Å². The van der Waals surface area contributed by atoms with Gasteiger partial charge in [0.25, 0.3) is 0 Å². The van der Waals surface area contributed by atoms with E-state index in [1.54, 1.807) is 7.11 Å². The van der Waals surface area contributed by atoms with E-state index in [1.807, 2.05) is 0 Å². The second-order valence-electron chi connectivity index (χ2n) is 7.42. The lowest BCUT2D eigenvalue weighted by Gasteiger charge is -2.26. The summed E-state index contributed by atoms with van der Waals surface area (Å²) in [6, 6.07) is 19.0. The molecule has 6 heteroatoms. The van der Waals surface area contributed by atoms with Crippen LogP contribution in [0.2, 0.25) is 0 Å². The average Bonchev–Trinajstić information content (AvgIpc) is 2.72. The quantitative estimate of drug-likeness (QED) is 0.192. The van der Waals surface area contributed by atoms with Crippen LogP contribution in [0.5, 0.6) is 0 Å². The van der Waals surface area contributed by atoms with Crippen LogP contribution in [-0.4, -0.2) is 39.3 Å². The number of aliphatic imine (C=N–C) groups is 1. The van der Waals surface area contributed by atoms with Crippen molar-refractivity contribution in [3.8, 4) is 0 Å². The number of benzene rings is 2. The fourth-order valence-corrected chi connectivity index (χ4v) is 2.83. The molecule has 0 spiro atoms. The van der Waals surface area contributed by atoms with E-state index in [0.717, 1.165) is 31.3 Å². The zero-order valence-electron chi connectivity index (χ0n) is 18.0. The van der Waals surface area contributed by atoms with Gasteiger partial charge in [0.2, 0.25) is 0 Å². The van der Waals surface area contributed by atoms with Gasteiger partial charge in [0, 0.05) is 37.8 Å². The number of nitrogens with zero attached hydrogens (tertiary/aromatic N) is 1. The minimum Gasteiger partial charge on any atom is -0.383 e. The summed E-state index contributed by atoms with van der Waals surface area (Å²) in [6.07, 6.45) is 0. The van der Waals surface area contributed by atoms with E-state index < -0.39 is 0 Å². The maximum Gasteiger partial charge on any atom is 0.191 e. The van der Waals surface area contributed by atoms with Gasteiger partial charge >= 0.3 is 0 Å². The van der Waals surface area contributed by atoms with Gasteiger partial charge < -0.3 is 20.7 Å². The predicted octanol–water partition coefficient (Wildman–Crippen LogP) is 4.40. The molecule has 0 aliphatic carbocycles. The number of methoxy groups -OCH3 is 1. The Bertz CT molecular complexity index is 717. The topological polar surface area (TPSA) is 57.7 Å². The number of nitrogens with one attached hydrogen (secondary N) is 3. The number of rotatable bonds is 10. The molecule has 29 heavy (non-hydrogen) atoms. The zero-order chi connectivity index (χ0) is 20.2. The lowest BCUT2D eigenvalue weighted by molar-refractivity contribution is 0.211. The molecule has 0 aromatic heterocycles. The van der Waals surface area contributed by atoms with Crippen molar-refractivity contribution >= 4 is 35.6 Å². The molecule has 3 N–H and O–H groups in total. The number of hydrogen-bond acceptors (Lipinski definition) is 3. The predicted molar refractivity (Wildman–Crippen MR) is 135 cm³/mol. The Morgan fingerprint density at radius 2 is 1.69 bits per heavy atom. The molecule has 0 saturated heterocycles. The van der Waals surface area contributed by atoms with E-state index in [2.05, 4.69) is 91.3 Å². The van der Waals surface area contributed by atoms with E-state index in [-0.39, 0.29) is 29.4 Å². The Balaban J connectivity index is 0.00000420. The molecule has 0 radical (unpaired) electrons. The number of anilines is 1. The van der Waals surface area contributed by atoms with Crippen LogP contribution >= 0.6 is 24.0 Å². The minimum absolute atomic E-state index is 0. The smallest absolute Gasteiger partial charge is 0.191 e. The summed E-state index contributed by atoms with van der Waals surface area (Å²) in [7, 11) is 1.71. The molecule has 0 aliphatic heterocycles. The average molecular weight is 510 g/mol. The van der Waals surface area contributed by atoms with Crippen molar-refractivity contribution in [2.24, 2.45) is 4.99 Å². The highest BCUT2D eigenvalue weighted by atomic mass is 127. The Labute approximate surface area is 192 Å². The molecule has 5 nitrogen and oxygen atoms in total. The van der Waals surface area contributed by atoms with Gasteiger partial charge in [0.1, 0.15) is 0 Å². The summed E-state index contributed by atoms with van der Waals surface area (Å²) in [4.78, 5) is 4.74. The van der Waals surface area contributed by atoms with Gasteiger partial charge in [0.15, 0.2) is 5.96 Å². The van der Waals surface area contributed by atoms with E-state index in [0.29, 0.717) is 13.2 Å². The first kappa shape index (κ1) is 25.2. The van der Waals surface area contributed by atoms with Crippen molar-refractivity contribution in [3.63, 3.8) is 0 Å². The van der Waals surface area contributed by atoms with Gasteiger partial charge in [-0.3, -0.25) is 0 Å². The second kappa shape index (κ2) is 13.4. The van der Waals surface area contributed by atoms with Crippen LogP contribution in [0.25, 0.3) is 0 Å². The normalized spacial score (nSPS) is 11.5. The molecule has 0 fully saturated rings. The number of hydrogen-bond donors (Lipinski definition) is 3. The van der Waals surface area contributed by atoms with Crippen LogP contribution in [0.1, 0.15) is 31.9 Å². The highest BCUT2D eigenvalue weighted by Crippen LogP contribution is 2.21. The second-order valence-corrected chi connectivity index (χ2v) is 7.42. The standard InChI is InChI=1S/C23H34N4O.HI/c1-5-24-22(27-18-23(2,3)20-9-7-6-8-10-20)26-17-19-11-13-21(14-12-19)25-15-16-28-4;/h6-14,25H,5,15-18H2,1-4H3,(H2,24,26,27);1H. The molecule has 0 aliphatic rings. The highest BCUT2D eigenvalue weighted by Gasteiger charge is 2.20. The van der Waals surface area contributed by atoms with E-state index in [1.165, 1.54) is 11.1 Å². The lowest BCUT2D eigenvalue weighted by atomic mass is 9.85. The molecule has 2 aromatic rings. The molecular formula is C23H35IN4O. The minimum atomic E-state index is 0. The van der Waals surface area contributed by atoms with Crippen LogP contribution in [0.3, 0.4) is 0 Å². The lowest BCUT2D eigenvalue weighted by Crippen LogP contribution is -2.43. The summed E-state index contributed by atoms with van der Waals surface area (Å²) >= 11 is 0. The van der Waals surface area contributed by atoms with Gasteiger partial charge in [-0.1, -0.05) is 56.3 Å². The van der Waals surface area contributed by atoms with Crippen LogP contribution < -0.4 is 16.0 Å². The van der Waals surface area contributed by atoms with Crippen molar-refractivity contribution in [3.05, 3.63) is 65.7 Å².